The maximum atomic E-state index is 13.3. The van der Waals surface area contributed by atoms with Crippen molar-refractivity contribution in [3.05, 3.63) is 72.3 Å². The van der Waals surface area contributed by atoms with E-state index in [4.69, 9.17) is 15.2 Å². The highest BCUT2D eigenvalue weighted by Gasteiger charge is 2.34. The van der Waals surface area contributed by atoms with Crippen molar-refractivity contribution in [2.45, 2.75) is 6.18 Å². The first-order valence-corrected chi connectivity index (χ1v) is 8.91. The first-order chi connectivity index (χ1) is 14.4. The van der Waals surface area contributed by atoms with Crippen molar-refractivity contribution in [1.29, 1.82) is 0 Å². The van der Waals surface area contributed by atoms with E-state index in [1.54, 1.807) is 31.4 Å². The number of rotatable bonds is 4. The third kappa shape index (κ3) is 3.71. The number of anilines is 1. The van der Waals surface area contributed by atoms with Crippen LogP contribution < -0.4 is 15.2 Å². The minimum absolute atomic E-state index is 0.0462. The largest absolute Gasteiger partial charge is 0.497 e. The molecule has 0 bridgehead atoms. The number of hydrogen-bond acceptors (Lipinski definition) is 5. The van der Waals surface area contributed by atoms with Gasteiger partial charge in [-0.25, -0.2) is 9.97 Å². The summed E-state index contributed by atoms with van der Waals surface area (Å²) in [4.78, 5) is 8.82. The fourth-order valence-electron chi connectivity index (χ4n) is 2.98. The van der Waals surface area contributed by atoms with E-state index in [1.165, 1.54) is 6.07 Å². The average Bonchev–Trinajstić information content (AvgIpc) is 2.74. The molecule has 2 N–H and O–H groups in total. The molecule has 8 heteroatoms. The molecule has 0 radical (unpaired) electrons. The molecule has 1 heterocycles. The van der Waals surface area contributed by atoms with Gasteiger partial charge in [0.15, 0.2) is 0 Å². The zero-order valence-corrected chi connectivity index (χ0v) is 15.8. The number of benzene rings is 3. The molecule has 4 aromatic rings. The lowest BCUT2D eigenvalue weighted by Crippen LogP contribution is -2.10. The van der Waals surface area contributed by atoms with Gasteiger partial charge in [0.1, 0.15) is 22.7 Å². The topological polar surface area (TPSA) is 70.3 Å². The standard InChI is InChI=1S/C22H16F3N3O2/c1-29-14-7-9-15(10-8-14)30-21-19(13-5-3-2-4-6-13)27-17-12-11-16(22(23,24)25)18(26)20(17)28-21/h2-12H,26H2,1H3. The second-order valence-corrected chi connectivity index (χ2v) is 6.41. The van der Waals surface area contributed by atoms with E-state index in [9.17, 15) is 13.2 Å². The molecule has 30 heavy (non-hydrogen) atoms. The van der Waals surface area contributed by atoms with E-state index in [2.05, 4.69) is 9.97 Å². The second kappa shape index (κ2) is 7.55. The Morgan fingerprint density at radius 1 is 0.833 bits per heavy atom. The summed E-state index contributed by atoms with van der Waals surface area (Å²) >= 11 is 0. The lowest BCUT2D eigenvalue weighted by molar-refractivity contribution is -0.136. The van der Waals surface area contributed by atoms with Crippen molar-refractivity contribution in [2.24, 2.45) is 0 Å². The molecule has 152 valence electrons. The number of aromatic nitrogens is 2. The molecule has 0 unspecified atom stereocenters. The summed E-state index contributed by atoms with van der Waals surface area (Å²) < 4.78 is 50.8. The summed E-state index contributed by atoms with van der Waals surface area (Å²) in [6.45, 7) is 0. The van der Waals surface area contributed by atoms with Crippen LogP contribution in [0.2, 0.25) is 0 Å². The van der Waals surface area contributed by atoms with Gasteiger partial charge in [-0.15, -0.1) is 0 Å². The van der Waals surface area contributed by atoms with Gasteiger partial charge in [0.25, 0.3) is 0 Å². The Labute approximate surface area is 169 Å². The molecular weight excluding hydrogens is 395 g/mol. The van der Waals surface area contributed by atoms with E-state index in [1.807, 2.05) is 30.3 Å². The average molecular weight is 411 g/mol. The fraction of sp³-hybridized carbons (Fsp3) is 0.0909. The third-order valence-corrected chi connectivity index (χ3v) is 4.47. The van der Waals surface area contributed by atoms with Gasteiger partial charge in [-0.3, -0.25) is 0 Å². The SMILES string of the molecule is COc1ccc(Oc2nc3c(N)c(C(F)(F)F)ccc3nc2-c2ccccc2)cc1. The molecule has 0 aliphatic rings. The Morgan fingerprint density at radius 2 is 1.50 bits per heavy atom. The molecule has 0 aliphatic heterocycles. The Bertz CT molecular complexity index is 1190. The Balaban J connectivity index is 1.90. The summed E-state index contributed by atoms with van der Waals surface area (Å²) in [7, 11) is 1.54. The molecule has 4 rings (SSSR count). The molecule has 5 nitrogen and oxygen atoms in total. The van der Waals surface area contributed by atoms with Crippen LogP contribution in [0.5, 0.6) is 17.4 Å². The summed E-state index contributed by atoms with van der Waals surface area (Å²) in [6, 6.07) is 18.0. The summed E-state index contributed by atoms with van der Waals surface area (Å²) in [5, 5.41) is 0. The van der Waals surface area contributed by atoms with Crippen molar-refractivity contribution in [3.8, 4) is 28.6 Å². The van der Waals surface area contributed by atoms with Crippen molar-refractivity contribution in [1.82, 2.24) is 9.97 Å². The third-order valence-electron chi connectivity index (χ3n) is 4.47. The molecule has 0 saturated carbocycles. The molecule has 0 saturated heterocycles. The summed E-state index contributed by atoms with van der Waals surface area (Å²) in [5.74, 6) is 1.10. The lowest BCUT2D eigenvalue weighted by atomic mass is 10.1. The van der Waals surface area contributed by atoms with Gasteiger partial charge in [-0.2, -0.15) is 13.2 Å². The van der Waals surface area contributed by atoms with Crippen LogP contribution in [0.4, 0.5) is 18.9 Å². The maximum Gasteiger partial charge on any atom is 0.418 e. The van der Waals surface area contributed by atoms with Gasteiger partial charge in [0.05, 0.1) is 23.9 Å². The van der Waals surface area contributed by atoms with Crippen LogP contribution in [0.15, 0.2) is 66.7 Å². The second-order valence-electron chi connectivity index (χ2n) is 6.41. The van der Waals surface area contributed by atoms with Crippen LogP contribution in [0.3, 0.4) is 0 Å². The smallest absolute Gasteiger partial charge is 0.418 e. The van der Waals surface area contributed by atoms with Gasteiger partial charge in [0.2, 0.25) is 5.88 Å². The van der Waals surface area contributed by atoms with Crippen LogP contribution in [0, 0.1) is 0 Å². The highest BCUT2D eigenvalue weighted by Crippen LogP contribution is 2.39. The predicted octanol–water partition coefficient (Wildman–Crippen LogP) is 5.70. The highest BCUT2D eigenvalue weighted by molar-refractivity contribution is 5.91. The van der Waals surface area contributed by atoms with E-state index >= 15 is 0 Å². The molecule has 0 amide bonds. The van der Waals surface area contributed by atoms with E-state index in [0.717, 1.165) is 6.07 Å². The minimum atomic E-state index is -4.60. The molecule has 0 atom stereocenters. The first kappa shape index (κ1) is 19.5. The van der Waals surface area contributed by atoms with Gasteiger partial charge in [0, 0.05) is 5.56 Å². The monoisotopic (exact) mass is 411 g/mol. The van der Waals surface area contributed by atoms with Gasteiger partial charge < -0.3 is 15.2 Å². The fourth-order valence-corrected chi connectivity index (χ4v) is 2.98. The lowest BCUT2D eigenvalue weighted by Gasteiger charge is -2.15. The Morgan fingerprint density at radius 3 is 2.13 bits per heavy atom. The van der Waals surface area contributed by atoms with Crippen LogP contribution in [-0.4, -0.2) is 17.1 Å². The number of hydrogen-bond donors (Lipinski definition) is 1. The quantitative estimate of drug-likeness (QED) is 0.436. The van der Waals surface area contributed by atoms with Crippen molar-refractivity contribution >= 4 is 16.7 Å². The van der Waals surface area contributed by atoms with E-state index < -0.39 is 17.4 Å². The minimum Gasteiger partial charge on any atom is -0.497 e. The number of nitrogens with two attached hydrogens (primary N) is 1. The van der Waals surface area contributed by atoms with Crippen LogP contribution in [0.1, 0.15) is 5.56 Å². The van der Waals surface area contributed by atoms with Gasteiger partial charge in [-0.1, -0.05) is 30.3 Å². The van der Waals surface area contributed by atoms with Crippen molar-refractivity contribution in [2.75, 3.05) is 12.8 Å². The normalized spacial score (nSPS) is 11.5. The Hall–Kier alpha value is -3.81. The first-order valence-electron chi connectivity index (χ1n) is 8.91. The summed E-state index contributed by atoms with van der Waals surface area (Å²) in [5.41, 5.74) is 5.59. The van der Waals surface area contributed by atoms with Crippen LogP contribution in [0.25, 0.3) is 22.3 Å². The number of nitrogens with zero attached hydrogens (tertiary/aromatic N) is 2. The zero-order valence-electron chi connectivity index (χ0n) is 15.8. The number of nitrogen functional groups attached to an aromatic ring is 1. The molecule has 3 aromatic carbocycles. The highest BCUT2D eigenvalue weighted by atomic mass is 19.4. The number of ether oxygens (including phenoxy) is 2. The Kier molecular flexibility index (Phi) is 4.91. The number of fused-ring (bicyclic) bond motifs is 1. The van der Waals surface area contributed by atoms with E-state index in [0.29, 0.717) is 22.8 Å². The molecule has 1 aromatic heterocycles. The molecule has 0 fully saturated rings. The van der Waals surface area contributed by atoms with E-state index in [-0.39, 0.29) is 16.9 Å². The summed E-state index contributed by atoms with van der Waals surface area (Å²) in [6.07, 6.45) is -4.60. The van der Waals surface area contributed by atoms with Gasteiger partial charge in [-0.05, 0) is 36.4 Å². The zero-order chi connectivity index (χ0) is 21.3. The molecular formula is C22H16F3N3O2. The van der Waals surface area contributed by atoms with Crippen LogP contribution >= 0.6 is 0 Å². The number of alkyl halides is 3. The number of methoxy groups -OCH3 is 1. The van der Waals surface area contributed by atoms with Crippen molar-refractivity contribution in [3.63, 3.8) is 0 Å². The molecule has 0 aliphatic carbocycles. The van der Waals surface area contributed by atoms with Gasteiger partial charge >= 0.3 is 6.18 Å². The van der Waals surface area contributed by atoms with Crippen molar-refractivity contribution < 1.29 is 22.6 Å². The maximum absolute atomic E-state index is 13.3. The predicted molar refractivity (Wildman–Crippen MR) is 107 cm³/mol. The number of halogens is 3. The van der Waals surface area contributed by atoms with Crippen LogP contribution in [-0.2, 0) is 6.18 Å². The molecule has 0 spiro atoms.